The van der Waals surface area contributed by atoms with Gasteiger partial charge in [0.25, 0.3) is 0 Å². The second kappa shape index (κ2) is 5.99. The number of carbonyl (C=O) groups excluding carboxylic acids is 1. The average Bonchev–Trinajstić information content (AvgIpc) is 3.35. The van der Waals surface area contributed by atoms with Crippen LogP contribution in [0.3, 0.4) is 0 Å². The normalized spacial score (nSPS) is 35.3. The standard InChI is InChI=1S/C16H22ClN7O/c17-14(11(19)6-18)21-15(20)23-7-9-4-12(23)13(5-9)24-8-10-2-1-3-22(10)16(24)25/h9-10,12-13H,1-5,7-8,19H2,(H2,20,21)/b14-11-. The Bertz CT molecular complexity index is 699. The molecule has 2 bridgehead atoms. The molecule has 25 heavy (non-hydrogen) atoms. The first-order valence-corrected chi connectivity index (χ1v) is 9.10. The van der Waals surface area contributed by atoms with Gasteiger partial charge in [-0.05, 0) is 31.6 Å². The molecule has 3 heterocycles. The molecule has 4 aliphatic rings. The maximum atomic E-state index is 12.7. The number of guanidine groups is 1. The zero-order valence-electron chi connectivity index (χ0n) is 13.9. The van der Waals surface area contributed by atoms with E-state index in [2.05, 4.69) is 4.99 Å². The number of aliphatic imine (C=N–C) groups is 1. The SMILES string of the molecule is N#C/C(N)=C(\Cl)N=C(N)N1CC2CC(N3CC4CCCN4C3=O)C1C2. The molecule has 2 amide bonds. The number of nitrogens with two attached hydrogens (primary N) is 2. The Labute approximate surface area is 151 Å². The van der Waals surface area contributed by atoms with Crippen LogP contribution in [0.2, 0.25) is 0 Å². The molecule has 3 aliphatic heterocycles. The number of carbonyl (C=O) groups is 1. The van der Waals surface area contributed by atoms with Crippen LogP contribution in [-0.2, 0) is 0 Å². The van der Waals surface area contributed by atoms with E-state index in [4.69, 9.17) is 28.3 Å². The fourth-order valence-electron chi connectivity index (χ4n) is 4.89. The first-order chi connectivity index (χ1) is 12.0. The lowest BCUT2D eigenvalue weighted by Crippen LogP contribution is -2.54. The summed E-state index contributed by atoms with van der Waals surface area (Å²) in [6.07, 6.45) is 4.23. The Hall–Kier alpha value is -2.14. The van der Waals surface area contributed by atoms with Gasteiger partial charge in [-0.25, -0.2) is 9.79 Å². The lowest BCUT2D eigenvalue weighted by Gasteiger charge is -2.38. The zero-order valence-corrected chi connectivity index (χ0v) is 14.7. The summed E-state index contributed by atoms with van der Waals surface area (Å²) in [6.45, 7) is 2.50. The van der Waals surface area contributed by atoms with E-state index in [0.717, 1.165) is 45.3 Å². The molecule has 4 unspecified atom stereocenters. The van der Waals surface area contributed by atoms with E-state index < -0.39 is 0 Å². The monoisotopic (exact) mass is 363 g/mol. The highest BCUT2D eigenvalue weighted by Gasteiger charge is 2.52. The highest BCUT2D eigenvalue weighted by Crippen LogP contribution is 2.42. The molecule has 3 saturated heterocycles. The van der Waals surface area contributed by atoms with Crippen LogP contribution in [-0.4, -0.2) is 64.5 Å². The number of fused-ring (bicyclic) bond motifs is 3. The van der Waals surface area contributed by atoms with Gasteiger partial charge in [-0.15, -0.1) is 0 Å². The summed E-state index contributed by atoms with van der Waals surface area (Å²) in [5.41, 5.74) is 11.5. The van der Waals surface area contributed by atoms with Crippen molar-refractivity contribution in [1.29, 1.82) is 5.26 Å². The minimum absolute atomic E-state index is 0.0859. The van der Waals surface area contributed by atoms with Gasteiger partial charge in [-0.1, -0.05) is 11.6 Å². The second-order valence-corrected chi connectivity index (χ2v) is 7.69. The molecule has 0 aromatic carbocycles. The summed E-state index contributed by atoms with van der Waals surface area (Å²) in [7, 11) is 0. The van der Waals surface area contributed by atoms with E-state index in [1.165, 1.54) is 0 Å². The lowest BCUT2D eigenvalue weighted by molar-refractivity contribution is 0.141. The summed E-state index contributed by atoms with van der Waals surface area (Å²) in [4.78, 5) is 22.9. The number of urea groups is 1. The Morgan fingerprint density at radius 3 is 2.68 bits per heavy atom. The van der Waals surface area contributed by atoms with Crippen molar-refractivity contribution in [2.24, 2.45) is 22.4 Å². The van der Waals surface area contributed by atoms with Crippen molar-refractivity contribution in [3.63, 3.8) is 0 Å². The summed E-state index contributed by atoms with van der Waals surface area (Å²) in [6, 6.07) is 2.63. The van der Waals surface area contributed by atoms with Crippen molar-refractivity contribution >= 4 is 23.6 Å². The minimum atomic E-state index is -0.152. The molecule has 0 aromatic heterocycles. The van der Waals surface area contributed by atoms with Gasteiger partial charge in [-0.3, -0.25) is 0 Å². The highest BCUT2D eigenvalue weighted by atomic mass is 35.5. The summed E-state index contributed by atoms with van der Waals surface area (Å²) in [5.74, 6) is 0.774. The zero-order chi connectivity index (χ0) is 17.7. The van der Waals surface area contributed by atoms with E-state index in [0.29, 0.717) is 12.0 Å². The smallest absolute Gasteiger partial charge is 0.320 e. The minimum Gasteiger partial charge on any atom is -0.388 e. The highest BCUT2D eigenvalue weighted by molar-refractivity contribution is 6.30. The molecule has 0 aromatic rings. The fraction of sp³-hybridized carbons (Fsp3) is 0.688. The van der Waals surface area contributed by atoms with E-state index in [1.807, 2.05) is 14.7 Å². The molecule has 1 aliphatic carbocycles. The largest absolute Gasteiger partial charge is 0.388 e. The van der Waals surface area contributed by atoms with Crippen LogP contribution in [0.5, 0.6) is 0 Å². The molecule has 1 saturated carbocycles. The molecule has 4 rings (SSSR count). The third-order valence-corrected chi connectivity index (χ3v) is 6.26. The molecular formula is C16H22ClN7O. The van der Waals surface area contributed by atoms with Gasteiger partial charge >= 0.3 is 6.03 Å². The first-order valence-electron chi connectivity index (χ1n) is 8.73. The number of nitriles is 1. The lowest BCUT2D eigenvalue weighted by atomic mass is 10.0. The number of hydrogen-bond acceptors (Lipinski definition) is 4. The van der Waals surface area contributed by atoms with Gasteiger partial charge in [0, 0.05) is 19.6 Å². The van der Waals surface area contributed by atoms with Crippen molar-refractivity contribution in [3.8, 4) is 6.07 Å². The number of likely N-dealkylation sites (tertiary alicyclic amines) is 1. The average molecular weight is 364 g/mol. The van der Waals surface area contributed by atoms with E-state index >= 15 is 0 Å². The van der Waals surface area contributed by atoms with E-state index in [-0.39, 0.29) is 34.9 Å². The molecule has 4 fully saturated rings. The number of hydrogen-bond donors (Lipinski definition) is 2. The van der Waals surface area contributed by atoms with Gasteiger partial charge in [0.15, 0.2) is 11.1 Å². The Morgan fingerprint density at radius 1 is 1.24 bits per heavy atom. The van der Waals surface area contributed by atoms with Crippen LogP contribution in [0.4, 0.5) is 4.79 Å². The van der Waals surface area contributed by atoms with Gasteiger partial charge in [-0.2, -0.15) is 5.26 Å². The third-order valence-electron chi connectivity index (χ3n) is 5.98. The van der Waals surface area contributed by atoms with Crippen molar-refractivity contribution in [1.82, 2.24) is 14.7 Å². The second-order valence-electron chi connectivity index (χ2n) is 7.34. The predicted octanol–water partition coefficient (Wildman–Crippen LogP) is 0.554. The van der Waals surface area contributed by atoms with Crippen LogP contribution in [0.15, 0.2) is 15.8 Å². The molecule has 8 nitrogen and oxygen atoms in total. The van der Waals surface area contributed by atoms with E-state index in [1.54, 1.807) is 6.07 Å². The van der Waals surface area contributed by atoms with Gasteiger partial charge in [0.05, 0.1) is 18.1 Å². The molecule has 4 atom stereocenters. The molecule has 9 heteroatoms. The van der Waals surface area contributed by atoms with Crippen LogP contribution < -0.4 is 11.5 Å². The first kappa shape index (κ1) is 16.3. The molecule has 4 N–H and O–H groups in total. The number of rotatable bonds is 2. The summed E-state index contributed by atoms with van der Waals surface area (Å²) < 4.78 is 0. The fourth-order valence-corrected chi connectivity index (χ4v) is 5.01. The van der Waals surface area contributed by atoms with E-state index in [9.17, 15) is 4.79 Å². The summed E-state index contributed by atoms with van der Waals surface area (Å²) in [5, 5.41) is 8.71. The van der Waals surface area contributed by atoms with Crippen molar-refractivity contribution in [2.45, 2.75) is 43.8 Å². The Balaban J connectivity index is 1.52. The quantitative estimate of drug-likeness (QED) is 0.322. The Morgan fingerprint density at radius 2 is 2.00 bits per heavy atom. The van der Waals surface area contributed by atoms with Crippen molar-refractivity contribution in [2.75, 3.05) is 19.6 Å². The molecule has 0 spiro atoms. The van der Waals surface area contributed by atoms with Crippen LogP contribution >= 0.6 is 11.6 Å². The van der Waals surface area contributed by atoms with Crippen LogP contribution in [0.1, 0.15) is 25.7 Å². The van der Waals surface area contributed by atoms with Crippen LogP contribution in [0, 0.1) is 17.2 Å². The van der Waals surface area contributed by atoms with Crippen molar-refractivity contribution < 1.29 is 4.79 Å². The molecular weight excluding hydrogens is 342 g/mol. The number of nitrogens with zero attached hydrogens (tertiary/aromatic N) is 5. The molecule has 0 radical (unpaired) electrons. The molecule has 134 valence electrons. The topological polar surface area (TPSA) is 115 Å². The Kier molecular flexibility index (Phi) is 3.91. The van der Waals surface area contributed by atoms with Crippen LogP contribution in [0.25, 0.3) is 0 Å². The van der Waals surface area contributed by atoms with Crippen molar-refractivity contribution in [3.05, 3.63) is 10.9 Å². The number of allylic oxidation sites excluding steroid dienone is 1. The number of piperidine rings is 1. The van der Waals surface area contributed by atoms with Gasteiger partial charge < -0.3 is 26.2 Å². The predicted molar refractivity (Wildman–Crippen MR) is 93.1 cm³/mol. The maximum Gasteiger partial charge on any atom is 0.320 e. The summed E-state index contributed by atoms with van der Waals surface area (Å²) >= 11 is 5.92. The van der Waals surface area contributed by atoms with Gasteiger partial charge in [0.1, 0.15) is 11.8 Å². The van der Waals surface area contributed by atoms with Gasteiger partial charge in [0.2, 0.25) is 0 Å². The maximum absolute atomic E-state index is 12.7. The number of halogens is 1. The number of amides is 2. The third kappa shape index (κ3) is 2.58.